The summed E-state index contributed by atoms with van der Waals surface area (Å²) in [6.45, 7) is 2.88. The Morgan fingerprint density at radius 1 is 1.37 bits per heavy atom. The number of likely N-dealkylation sites (tertiary alicyclic amines) is 1. The summed E-state index contributed by atoms with van der Waals surface area (Å²) in [7, 11) is 0. The second-order valence-electron chi connectivity index (χ2n) is 4.69. The highest BCUT2D eigenvalue weighted by Gasteiger charge is 2.24. The first-order valence-electron chi connectivity index (χ1n) is 6.31. The Hall–Kier alpha value is -1.46. The Labute approximate surface area is 115 Å². The Balaban J connectivity index is 1.53. The van der Waals surface area contributed by atoms with Gasteiger partial charge >= 0.3 is 0 Å². The Morgan fingerprint density at radius 2 is 2.21 bits per heavy atom. The quantitative estimate of drug-likeness (QED) is 0.860. The average Bonchev–Trinajstić information content (AvgIpc) is 3.05. The molecule has 2 heterocycles. The highest BCUT2D eigenvalue weighted by molar-refractivity contribution is 7.09. The topological polar surface area (TPSA) is 25.4 Å². The van der Waals surface area contributed by atoms with Crippen LogP contribution in [-0.2, 0) is 6.54 Å². The molecule has 100 valence electrons. The number of ether oxygens (including phenoxy) is 1. The maximum atomic E-state index is 12.8. The van der Waals surface area contributed by atoms with E-state index in [1.807, 2.05) is 11.7 Å². The van der Waals surface area contributed by atoms with Gasteiger partial charge in [0.25, 0.3) is 0 Å². The van der Waals surface area contributed by atoms with Crippen molar-refractivity contribution in [1.82, 2.24) is 9.88 Å². The zero-order valence-corrected chi connectivity index (χ0v) is 11.3. The van der Waals surface area contributed by atoms with Crippen molar-refractivity contribution >= 4 is 11.3 Å². The lowest BCUT2D eigenvalue weighted by molar-refractivity contribution is 0.198. The Morgan fingerprint density at radius 3 is 2.95 bits per heavy atom. The van der Waals surface area contributed by atoms with Crippen molar-refractivity contribution in [2.24, 2.45) is 0 Å². The molecule has 1 aromatic heterocycles. The van der Waals surface area contributed by atoms with Crippen molar-refractivity contribution in [3.05, 3.63) is 46.7 Å². The molecule has 1 atom stereocenters. The van der Waals surface area contributed by atoms with E-state index in [1.165, 1.54) is 17.0 Å². The van der Waals surface area contributed by atoms with Crippen LogP contribution >= 0.6 is 11.3 Å². The maximum absolute atomic E-state index is 12.8. The number of benzene rings is 1. The molecule has 19 heavy (non-hydrogen) atoms. The average molecular weight is 278 g/mol. The number of halogens is 1. The van der Waals surface area contributed by atoms with Crippen LogP contribution in [0.1, 0.15) is 11.3 Å². The molecule has 1 fully saturated rings. The lowest BCUT2D eigenvalue weighted by atomic mass is 10.3. The van der Waals surface area contributed by atoms with E-state index < -0.39 is 0 Å². The molecule has 1 aromatic carbocycles. The molecular formula is C14H15FN2OS. The second-order valence-corrected chi connectivity index (χ2v) is 5.66. The molecule has 0 saturated carbocycles. The molecule has 0 bridgehead atoms. The first-order chi connectivity index (χ1) is 9.29. The third-order valence-corrected chi connectivity index (χ3v) is 3.97. The van der Waals surface area contributed by atoms with Gasteiger partial charge in [0, 0.05) is 30.7 Å². The van der Waals surface area contributed by atoms with E-state index in [-0.39, 0.29) is 11.9 Å². The van der Waals surface area contributed by atoms with Crippen molar-refractivity contribution in [1.29, 1.82) is 0 Å². The largest absolute Gasteiger partial charge is 0.489 e. The van der Waals surface area contributed by atoms with Crippen molar-refractivity contribution in [2.45, 2.75) is 19.1 Å². The van der Waals surface area contributed by atoms with Crippen molar-refractivity contribution in [3.63, 3.8) is 0 Å². The van der Waals surface area contributed by atoms with Gasteiger partial charge in [-0.25, -0.2) is 4.39 Å². The van der Waals surface area contributed by atoms with E-state index in [1.54, 1.807) is 23.5 Å². The molecule has 0 spiro atoms. The van der Waals surface area contributed by atoms with Crippen LogP contribution in [0.2, 0.25) is 0 Å². The smallest absolute Gasteiger partial charge is 0.123 e. The molecule has 3 rings (SSSR count). The minimum atomic E-state index is -0.231. The van der Waals surface area contributed by atoms with Gasteiger partial charge in [0.2, 0.25) is 0 Å². The van der Waals surface area contributed by atoms with Gasteiger partial charge in [0.15, 0.2) is 0 Å². The van der Waals surface area contributed by atoms with Crippen molar-refractivity contribution in [2.75, 3.05) is 13.1 Å². The SMILES string of the molecule is Fc1ccc(O[C@@H]2CCN(Cc3cncs3)C2)cc1. The van der Waals surface area contributed by atoms with Crippen LogP contribution < -0.4 is 4.74 Å². The van der Waals surface area contributed by atoms with E-state index in [0.29, 0.717) is 0 Å². The van der Waals surface area contributed by atoms with Gasteiger partial charge in [-0.15, -0.1) is 11.3 Å². The lowest BCUT2D eigenvalue weighted by Crippen LogP contribution is -2.24. The summed E-state index contributed by atoms with van der Waals surface area (Å²) >= 11 is 1.68. The fourth-order valence-corrected chi connectivity index (χ4v) is 2.92. The van der Waals surface area contributed by atoms with Crippen LogP contribution in [0.3, 0.4) is 0 Å². The predicted octanol–water partition coefficient (Wildman–Crippen LogP) is 2.94. The van der Waals surface area contributed by atoms with Gasteiger partial charge in [-0.05, 0) is 30.7 Å². The molecule has 0 aliphatic carbocycles. The normalized spacial score (nSPS) is 19.7. The Kier molecular flexibility index (Phi) is 3.75. The molecule has 5 heteroatoms. The van der Waals surface area contributed by atoms with Crippen LogP contribution in [-0.4, -0.2) is 29.1 Å². The van der Waals surface area contributed by atoms with Gasteiger partial charge in [-0.3, -0.25) is 9.88 Å². The summed E-state index contributed by atoms with van der Waals surface area (Å²) in [5.74, 6) is 0.511. The van der Waals surface area contributed by atoms with E-state index in [9.17, 15) is 4.39 Å². The minimum Gasteiger partial charge on any atom is -0.489 e. The zero-order chi connectivity index (χ0) is 13.1. The molecule has 0 N–H and O–H groups in total. The summed E-state index contributed by atoms with van der Waals surface area (Å²) in [5.41, 5.74) is 1.86. The minimum absolute atomic E-state index is 0.193. The lowest BCUT2D eigenvalue weighted by Gasteiger charge is -2.16. The summed E-state index contributed by atoms with van der Waals surface area (Å²) < 4.78 is 18.7. The fraction of sp³-hybridized carbons (Fsp3) is 0.357. The number of rotatable bonds is 4. The molecule has 1 aliphatic heterocycles. The van der Waals surface area contributed by atoms with Crippen LogP contribution in [0.4, 0.5) is 4.39 Å². The summed E-state index contributed by atoms with van der Waals surface area (Å²) in [5, 5.41) is 0. The summed E-state index contributed by atoms with van der Waals surface area (Å²) in [4.78, 5) is 7.73. The number of hydrogen-bond donors (Lipinski definition) is 0. The van der Waals surface area contributed by atoms with Gasteiger partial charge in [-0.2, -0.15) is 0 Å². The zero-order valence-electron chi connectivity index (χ0n) is 10.5. The van der Waals surface area contributed by atoms with Gasteiger partial charge in [0.1, 0.15) is 17.7 Å². The summed E-state index contributed by atoms with van der Waals surface area (Å²) in [6, 6.07) is 6.22. The van der Waals surface area contributed by atoms with Crippen LogP contribution in [0.25, 0.3) is 0 Å². The maximum Gasteiger partial charge on any atom is 0.123 e. The second kappa shape index (κ2) is 5.67. The van der Waals surface area contributed by atoms with Gasteiger partial charge < -0.3 is 4.74 Å². The van der Waals surface area contributed by atoms with Crippen molar-refractivity contribution in [3.8, 4) is 5.75 Å². The van der Waals surface area contributed by atoms with E-state index >= 15 is 0 Å². The van der Waals surface area contributed by atoms with E-state index in [0.717, 1.165) is 31.8 Å². The highest BCUT2D eigenvalue weighted by Crippen LogP contribution is 2.20. The standard InChI is InChI=1S/C14H15FN2OS/c15-11-1-3-12(4-2-11)18-13-5-6-17(8-13)9-14-7-16-10-19-14/h1-4,7,10,13H,5-6,8-9H2/t13-/m1/s1. The number of aromatic nitrogens is 1. The fourth-order valence-electron chi connectivity index (χ4n) is 2.28. The van der Waals surface area contributed by atoms with Crippen LogP contribution in [0.15, 0.2) is 36.0 Å². The first kappa shape index (κ1) is 12.6. The molecule has 3 nitrogen and oxygen atoms in total. The number of hydrogen-bond acceptors (Lipinski definition) is 4. The predicted molar refractivity (Wildman–Crippen MR) is 72.8 cm³/mol. The first-order valence-corrected chi connectivity index (χ1v) is 7.19. The molecule has 2 aromatic rings. The van der Waals surface area contributed by atoms with E-state index in [4.69, 9.17) is 4.74 Å². The third kappa shape index (κ3) is 3.30. The highest BCUT2D eigenvalue weighted by atomic mass is 32.1. The molecule has 1 saturated heterocycles. The molecule has 1 aliphatic rings. The third-order valence-electron chi connectivity index (χ3n) is 3.21. The summed E-state index contributed by atoms with van der Waals surface area (Å²) in [6.07, 6.45) is 3.12. The van der Waals surface area contributed by atoms with Crippen LogP contribution in [0, 0.1) is 5.82 Å². The number of nitrogens with zero attached hydrogens (tertiary/aromatic N) is 2. The molecular weight excluding hydrogens is 263 g/mol. The van der Waals surface area contributed by atoms with E-state index in [2.05, 4.69) is 9.88 Å². The molecule has 0 unspecified atom stereocenters. The number of thiazole rings is 1. The van der Waals surface area contributed by atoms with Crippen molar-refractivity contribution < 1.29 is 9.13 Å². The van der Waals surface area contributed by atoms with Gasteiger partial charge in [0.05, 0.1) is 5.51 Å². The van der Waals surface area contributed by atoms with Crippen LogP contribution in [0.5, 0.6) is 5.75 Å². The van der Waals surface area contributed by atoms with Gasteiger partial charge in [-0.1, -0.05) is 0 Å². The monoisotopic (exact) mass is 278 g/mol. The molecule has 0 amide bonds. The Bertz CT molecular complexity index is 515. The molecule has 0 radical (unpaired) electrons.